The number of sulfone groups is 1. The van der Waals surface area contributed by atoms with Crippen LogP contribution in [0.2, 0.25) is 0 Å². The molecule has 0 bridgehead atoms. The maximum absolute atomic E-state index is 12.7. The molecule has 0 saturated heterocycles. The van der Waals surface area contributed by atoms with Gasteiger partial charge in [0.2, 0.25) is 0 Å². The molecule has 2 fully saturated rings. The van der Waals surface area contributed by atoms with Gasteiger partial charge < -0.3 is 22.1 Å². The first-order valence-electron chi connectivity index (χ1n) is 11.7. The average molecular weight is 539 g/mol. The Balaban J connectivity index is 1.69. The quantitative estimate of drug-likeness (QED) is 0.154. The molecule has 1 aromatic rings. The Kier molecular flexibility index (Phi) is 8.65. The number of aliphatic imine (C=N–C) groups is 1. The largest absolute Gasteiger partial charge is 0.501 e. The number of nitrogens with one attached hydrogen (secondary N) is 2. The average Bonchev–Trinajstić information content (AvgIpc) is 3.68. The third-order valence-electron chi connectivity index (χ3n) is 6.51. The van der Waals surface area contributed by atoms with E-state index in [1.165, 1.54) is 19.0 Å². The molecule has 37 heavy (non-hydrogen) atoms. The molecular weight excluding hydrogens is 509 g/mol. The van der Waals surface area contributed by atoms with Gasteiger partial charge in [0.05, 0.1) is 28.1 Å². The number of benzene rings is 1. The number of halogens is 3. The van der Waals surface area contributed by atoms with Crippen LogP contribution >= 0.6 is 0 Å². The third kappa shape index (κ3) is 6.90. The van der Waals surface area contributed by atoms with Crippen molar-refractivity contribution in [1.82, 2.24) is 10.6 Å². The van der Waals surface area contributed by atoms with Crippen LogP contribution in [0.1, 0.15) is 32.1 Å². The molecule has 1 amide bonds. The number of hydrogen-bond donors (Lipinski definition) is 4. The van der Waals surface area contributed by atoms with E-state index < -0.39 is 26.1 Å². The highest BCUT2D eigenvalue weighted by Crippen LogP contribution is 2.35. The topological polar surface area (TPSA) is 163 Å². The summed E-state index contributed by atoms with van der Waals surface area (Å²) in [5, 5.41) is 16.3. The van der Waals surface area contributed by atoms with E-state index in [1.54, 1.807) is 0 Å². The first-order valence-corrected chi connectivity index (χ1v) is 13.2. The first-order chi connectivity index (χ1) is 17.4. The number of rotatable bonds is 10. The highest BCUT2D eigenvalue weighted by molar-refractivity contribution is 7.92. The molecule has 4 atom stereocenters. The van der Waals surface area contributed by atoms with E-state index in [2.05, 4.69) is 28.3 Å². The van der Waals surface area contributed by atoms with E-state index >= 15 is 0 Å². The number of nitriles is 1. The summed E-state index contributed by atoms with van der Waals surface area (Å²) in [4.78, 5) is 15.0. The lowest BCUT2D eigenvalue weighted by molar-refractivity contribution is -0.114. The molecule has 9 nitrogen and oxygen atoms in total. The van der Waals surface area contributed by atoms with Crippen LogP contribution in [0, 0.1) is 23.2 Å². The van der Waals surface area contributed by atoms with Crippen molar-refractivity contribution in [3.05, 3.63) is 48.7 Å². The minimum absolute atomic E-state index is 0.0136. The van der Waals surface area contributed by atoms with Gasteiger partial charge in [-0.1, -0.05) is 6.08 Å². The normalized spacial score (nSPS) is 24.1. The summed E-state index contributed by atoms with van der Waals surface area (Å²) in [6, 6.07) is 5.97. The SMILES string of the molecule is C=C[C@@H](N[C@@H]1CC[C@H](N/C=C(/C(N)=O)C(N)=Nc2ccc(S(=O)(=O)C(F)(F)F)cc2)[C@@H](C#N)C1)C1CC1. The van der Waals surface area contributed by atoms with E-state index in [1.807, 2.05) is 6.08 Å². The monoisotopic (exact) mass is 538 g/mol. The van der Waals surface area contributed by atoms with Gasteiger partial charge in [-0.05, 0) is 62.3 Å². The second-order valence-electron chi connectivity index (χ2n) is 9.15. The summed E-state index contributed by atoms with van der Waals surface area (Å²) >= 11 is 0. The number of alkyl halides is 3. The highest BCUT2D eigenvalue weighted by Gasteiger charge is 2.46. The summed E-state index contributed by atoms with van der Waals surface area (Å²) in [6.45, 7) is 3.89. The van der Waals surface area contributed by atoms with E-state index in [4.69, 9.17) is 11.5 Å². The van der Waals surface area contributed by atoms with Gasteiger partial charge in [0.25, 0.3) is 15.7 Å². The minimum atomic E-state index is -5.50. The fourth-order valence-corrected chi connectivity index (χ4v) is 5.04. The molecule has 6 N–H and O–H groups in total. The molecular formula is C24H29F3N6O3S. The Hall–Kier alpha value is -3.37. The molecule has 3 rings (SSSR count). The first kappa shape index (κ1) is 28.2. The van der Waals surface area contributed by atoms with Gasteiger partial charge in [0.1, 0.15) is 5.84 Å². The molecule has 2 aliphatic carbocycles. The molecule has 0 aromatic heterocycles. The van der Waals surface area contributed by atoms with Crippen LogP contribution in [-0.2, 0) is 14.6 Å². The number of carbonyl (C=O) groups excluding carboxylic acids is 1. The number of nitrogens with two attached hydrogens (primary N) is 2. The second-order valence-corrected chi connectivity index (χ2v) is 11.1. The van der Waals surface area contributed by atoms with Crippen molar-refractivity contribution in [1.29, 1.82) is 5.26 Å². The van der Waals surface area contributed by atoms with Crippen LogP contribution < -0.4 is 22.1 Å². The number of hydrogen-bond acceptors (Lipinski definition) is 7. The van der Waals surface area contributed by atoms with Gasteiger partial charge in [-0.2, -0.15) is 18.4 Å². The molecule has 1 aromatic carbocycles. The highest BCUT2D eigenvalue weighted by atomic mass is 32.2. The van der Waals surface area contributed by atoms with E-state index in [0.29, 0.717) is 18.8 Å². The Morgan fingerprint density at radius 3 is 2.35 bits per heavy atom. The van der Waals surface area contributed by atoms with Gasteiger partial charge >= 0.3 is 5.51 Å². The van der Waals surface area contributed by atoms with E-state index in [0.717, 1.165) is 30.7 Å². The zero-order chi connectivity index (χ0) is 27.4. The summed E-state index contributed by atoms with van der Waals surface area (Å²) in [5.41, 5.74) is 5.73. The fourth-order valence-electron chi connectivity index (χ4n) is 4.28. The Morgan fingerprint density at radius 1 is 1.19 bits per heavy atom. The summed E-state index contributed by atoms with van der Waals surface area (Å²) in [5.74, 6) is -0.981. The molecule has 0 spiro atoms. The zero-order valence-electron chi connectivity index (χ0n) is 19.9. The maximum atomic E-state index is 12.7. The molecule has 0 aliphatic heterocycles. The lowest BCUT2D eigenvalue weighted by Crippen LogP contribution is -2.47. The van der Waals surface area contributed by atoms with Gasteiger partial charge in [0.15, 0.2) is 0 Å². The standard InChI is InChI=1S/C24H29F3N6O3S/c1-2-20(14-3-4-14)32-17-7-10-21(15(11-17)12-28)31-13-19(23(30)34)22(29)33-16-5-8-18(9-6-16)37(35,36)24(25,26)27/h2,5-6,8-9,13-15,17,20-21,31-32H,1,3-4,7,10-11H2,(H2,29,33)(H2,30,34)/b19-13+/t15-,17-,20-,21+/m1/s1. The lowest BCUT2D eigenvalue weighted by Gasteiger charge is -2.35. The fraction of sp³-hybridized carbons (Fsp3) is 0.458. The molecule has 2 aliphatic rings. The molecule has 0 radical (unpaired) electrons. The minimum Gasteiger partial charge on any atom is -0.386 e. The predicted molar refractivity (Wildman–Crippen MR) is 132 cm³/mol. The third-order valence-corrected chi connectivity index (χ3v) is 8.01. The smallest absolute Gasteiger partial charge is 0.386 e. The maximum Gasteiger partial charge on any atom is 0.501 e. The second kappa shape index (κ2) is 11.4. The van der Waals surface area contributed by atoms with Crippen LogP contribution in [0.25, 0.3) is 0 Å². The lowest BCUT2D eigenvalue weighted by atomic mass is 9.82. The number of nitrogens with zero attached hydrogens (tertiary/aromatic N) is 2. The zero-order valence-corrected chi connectivity index (χ0v) is 20.7. The summed E-state index contributed by atoms with van der Waals surface area (Å²) in [7, 11) is -5.50. The molecule has 13 heteroatoms. The molecule has 0 unspecified atom stereocenters. The Morgan fingerprint density at radius 2 is 1.84 bits per heavy atom. The molecule has 2 saturated carbocycles. The number of primary amides is 1. The van der Waals surface area contributed by atoms with Crippen LogP contribution in [0.3, 0.4) is 0 Å². The van der Waals surface area contributed by atoms with Gasteiger partial charge in [-0.3, -0.25) is 4.79 Å². The van der Waals surface area contributed by atoms with Crippen molar-refractivity contribution in [3.63, 3.8) is 0 Å². The number of amidine groups is 1. The van der Waals surface area contributed by atoms with Crippen molar-refractivity contribution in [3.8, 4) is 6.07 Å². The number of carbonyl (C=O) groups is 1. The predicted octanol–water partition coefficient (Wildman–Crippen LogP) is 2.54. The van der Waals surface area contributed by atoms with E-state index in [-0.39, 0.29) is 41.1 Å². The van der Waals surface area contributed by atoms with Crippen LogP contribution in [0.15, 0.2) is 58.6 Å². The van der Waals surface area contributed by atoms with Gasteiger partial charge in [-0.15, -0.1) is 6.58 Å². The number of amides is 1. The van der Waals surface area contributed by atoms with E-state index in [9.17, 15) is 31.6 Å². The summed E-state index contributed by atoms with van der Waals surface area (Å²) < 4.78 is 61.1. The Bertz CT molecular complexity index is 1220. The van der Waals surface area contributed by atoms with Crippen molar-refractivity contribution in [2.45, 2.75) is 60.6 Å². The van der Waals surface area contributed by atoms with Crippen LogP contribution in [0.4, 0.5) is 18.9 Å². The van der Waals surface area contributed by atoms with Gasteiger partial charge in [0, 0.05) is 24.3 Å². The van der Waals surface area contributed by atoms with Crippen LogP contribution in [0.5, 0.6) is 0 Å². The van der Waals surface area contributed by atoms with Crippen molar-refractivity contribution in [2.24, 2.45) is 28.3 Å². The van der Waals surface area contributed by atoms with Crippen molar-refractivity contribution >= 4 is 27.3 Å². The molecule has 200 valence electrons. The van der Waals surface area contributed by atoms with Gasteiger partial charge in [-0.25, -0.2) is 13.4 Å². The van der Waals surface area contributed by atoms with Crippen LogP contribution in [-0.4, -0.2) is 43.8 Å². The van der Waals surface area contributed by atoms with Crippen molar-refractivity contribution in [2.75, 3.05) is 0 Å². The Labute approximate surface area is 213 Å². The summed E-state index contributed by atoms with van der Waals surface area (Å²) in [6.07, 6.45) is 7.61. The van der Waals surface area contributed by atoms with Crippen molar-refractivity contribution < 1.29 is 26.4 Å². The molecule has 0 heterocycles.